The van der Waals surface area contributed by atoms with Crippen LogP contribution in [0.4, 0.5) is 5.69 Å². The molecule has 0 bridgehead atoms. The van der Waals surface area contributed by atoms with Crippen molar-refractivity contribution in [1.29, 1.82) is 0 Å². The Hall–Kier alpha value is -2.93. The van der Waals surface area contributed by atoms with Gasteiger partial charge in [0.15, 0.2) is 0 Å². The van der Waals surface area contributed by atoms with Crippen molar-refractivity contribution in [2.24, 2.45) is 0 Å². The van der Waals surface area contributed by atoms with E-state index in [1.54, 1.807) is 31.5 Å². The number of anilines is 1. The van der Waals surface area contributed by atoms with E-state index >= 15 is 0 Å². The molecule has 0 aliphatic rings. The maximum atomic E-state index is 11.9. The zero-order valence-electron chi connectivity index (χ0n) is 13.5. The first-order chi connectivity index (χ1) is 11.7. The Bertz CT molecular complexity index is 691. The lowest BCUT2D eigenvalue weighted by molar-refractivity contribution is -0.136. The van der Waals surface area contributed by atoms with E-state index in [9.17, 15) is 9.59 Å². The summed E-state index contributed by atoms with van der Waals surface area (Å²) in [6, 6.07) is 10.6. The van der Waals surface area contributed by atoms with Crippen molar-refractivity contribution in [3.63, 3.8) is 0 Å². The van der Waals surface area contributed by atoms with Crippen molar-refractivity contribution in [3.8, 4) is 5.75 Å². The van der Waals surface area contributed by atoms with E-state index in [1.807, 2.05) is 18.2 Å². The van der Waals surface area contributed by atoms with Crippen LogP contribution in [-0.4, -0.2) is 37.6 Å². The molecule has 1 atom stereocenters. The summed E-state index contributed by atoms with van der Waals surface area (Å²) in [7, 11) is 3.09. The lowest BCUT2D eigenvalue weighted by Crippen LogP contribution is -2.38. The molecule has 0 radical (unpaired) electrons. The van der Waals surface area contributed by atoms with Gasteiger partial charge in [0.05, 0.1) is 19.0 Å². The van der Waals surface area contributed by atoms with Gasteiger partial charge in [-0.05, 0) is 18.2 Å². The Morgan fingerprint density at radius 1 is 1.12 bits per heavy atom. The lowest BCUT2D eigenvalue weighted by atomic mass is 10.1. The van der Waals surface area contributed by atoms with Gasteiger partial charge in [0.25, 0.3) is 0 Å². The predicted octanol–water partition coefficient (Wildman–Crippen LogP) is 1.53. The molecule has 126 valence electrons. The van der Waals surface area contributed by atoms with E-state index in [2.05, 4.69) is 15.6 Å². The zero-order chi connectivity index (χ0) is 17.4. The fourth-order valence-electron chi connectivity index (χ4n) is 2.14. The van der Waals surface area contributed by atoms with Crippen LogP contribution in [0.15, 0.2) is 48.8 Å². The number of carbonyl (C=O) groups is 2. The number of carbonyl (C=O) groups excluding carboxylic acids is 2. The normalized spacial score (nSPS) is 11.4. The molecule has 7 nitrogen and oxygen atoms in total. The third-order valence-electron chi connectivity index (χ3n) is 3.34. The van der Waals surface area contributed by atoms with E-state index in [0.717, 1.165) is 5.56 Å². The van der Waals surface area contributed by atoms with E-state index in [4.69, 9.17) is 9.47 Å². The van der Waals surface area contributed by atoms with Gasteiger partial charge in [0, 0.05) is 25.4 Å². The summed E-state index contributed by atoms with van der Waals surface area (Å²) in [6.07, 6.45) is 2.60. The second-order valence-corrected chi connectivity index (χ2v) is 4.87. The molecule has 0 aliphatic heterocycles. The van der Waals surface area contributed by atoms with Crippen LogP contribution in [0.3, 0.4) is 0 Å². The number of rotatable bonds is 6. The first kappa shape index (κ1) is 17.4. The van der Waals surface area contributed by atoms with Gasteiger partial charge in [0.2, 0.25) is 0 Å². The van der Waals surface area contributed by atoms with Gasteiger partial charge >= 0.3 is 11.8 Å². The van der Waals surface area contributed by atoms with E-state index < -0.39 is 17.9 Å². The number of methoxy groups -OCH3 is 2. The van der Waals surface area contributed by atoms with Gasteiger partial charge in [-0.2, -0.15) is 0 Å². The molecule has 2 amide bonds. The highest BCUT2D eigenvalue weighted by Crippen LogP contribution is 2.26. The molecule has 0 fully saturated rings. The van der Waals surface area contributed by atoms with Gasteiger partial charge in [0.1, 0.15) is 11.9 Å². The molecule has 2 aromatic rings. The smallest absolute Gasteiger partial charge is 0.313 e. The summed E-state index contributed by atoms with van der Waals surface area (Å²) in [5.41, 5.74) is 1.24. The molecule has 1 aromatic heterocycles. The second-order valence-electron chi connectivity index (χ2n) is 4.87. The topological polar surface area (TPSA) is 89.5 Å². The van der Waals surface area contributed by atoms with Crippen molar-refractivity contribution in [3.05, 3.63) is 54.4 Å². The molecule has 1 heterocycles. The number of para-hydroxylation sites is 1. The molecule has 2 rings (SSSR count). The average Bonchev–Trinajstić information content (AvgIpc) is 2.63. The Kier molecular flexibility index (Phi) is 6.27. The molecule has 0 saturated heterocycles. The molecule has 24 heavy (non-hydrogen) atoms. The van der Waals surface area contributed by atoms with Crippen LogP contribution in [0.1, 0.15) is 11.7 Å². The van der Waals surface area contributed by atoms with Crippen molar-refractivity contribution in [2.75, 3.05) is 26.1 Å². The fourth-order valence-corrected chi connectivity index (χ4v) is 2.14. The highest BCUT2D eigenvalue weighted by Gasteiger charge is 2.19. The van der Waals surface area contributed by atoms with E-state index in [1.165, 1.54) is 13.3 Å². The Morgan fingerprint density at radius 2 is 1.92 bits per heavy atom. The molecule has 7 heteroatoms. The third kappa shape index (κ3) is 4.53. The van der Waals surface area contributed by atoms with Crippen LogP contribution in [0.5, 0.6) is 5.75 Å². The Balaban J connectivity index is 1.95. The fraction of sp³-hybridized carbons (Fsp3) is 0.235. The third-order valence-corrected chi connectivity index (χ3v) is 3.34. The number of ether oxygens (including phenoxy) is 2. The zero-order valence-corrected chi connectivity index (χ0v) is 13.5. The maximum absolute atomic E-state index is 11.9. The minimum absolute atomic E-state index is 0.135. The summed E-state index contributed by atoms with van der Waals surface area (Å²) in [4.78, 5) is 27.6. The minimum Gasteiger partial charge on any atom is -0.496 e. The average molecular weight is 329 g/mol. The summed E-state index contributed by atoms with van der Waals surface area (Å²) in [6.45, 7) is 0.135. The lowest BCUT2D eigenvalue weighted by Gasteiger charge is -2.18. The molecule has 1 aromatic carbocycles. The van der Waals surface area contributed by atoms with Gasteiger partial charge in [-0.15, -0.1) is 0 Å². The van der Waals surface area contributed by atoms with Gasteiger partial charge in [-0.1, -0.05) is 18.2 Å². The first-order valence-electron chi connectivity index (χ1n) is 7.30. The first-order valence-corrected chi connectivity index (χ1v) is 7.30. The SMILES string of the molecule is COc1ccccc1C(CNC(=O)C(=O)Nc1cccnc1)OC. The van der Waals surface area contributed by atoms with Crippen molar-refractivity contribution >= 4 is 17.5 Å². The predicted molar refractivity (Wildman–Crippen MR) is 88.6 cm³/mol. The molecule has 0 aliphatic carbocycles. The van der Waals surface area contributed by atoms with E-state index in [0.29, 0.717) is 11.4 Å². The van der Waals surface area contributed by atoms with Crippen LogP contribution in [-0.2, 0) is 14.3 Å². The van der Waals surface area contributed by atoms with Crippen molar-refractivity contribution in [1.82, 2.24) is 10.3 Å². The molecule has 0 saturated carbocycles. The van der Waals surface area contributed by atoms with Crippen LogP contribution >= 0.6 is 0 Å². The summed E-state index contributed by atoms with van der Waals surface area (Å²) in [5, 5.41) is 5.02. The van der Waals surface area contributed by atoms with Crippen molar-refractivity contribution in [2.45, 2.75) is 6.10 Å². The number of aromatic nitrogens is 1. The minimum atomic E-state index is -0.766. The van der Waals surface area contributed by atoms with Crippen LogP contribution < -0.4 is 15.4 Å². The Morgan fingerprint density at radius 3 is 2.58 bits per heavy atom. The van der Waals surface area contributed by atoms with Crippen LogP contribution in [0, 0.1) is 0 Å². The van der Waals surface area contributed by atoms with Crippen LogP contribution in [0.25, 0.3) is 0 Å². The number of hydrogen-bond donors (Lipinski definition) is 2. The second kappa shape index (κ2) is 8.64. The number of hydrogen-bond acceptors (Lipinski definition) is 5. The molecule has 1 unspecified atom stereocenters. The molecular formula is C17H19N3O4. The summed E-state index contributed by atoms with van der Waals surface area (Å²) >= 11 is 0. The number of nitrogens with one attached hydrogen (secondary N) is 2. The monoisotopic (exact) mass is 329 g/mol. The standard InChI is InChI=1S/C17H19N3O4/c1-23-14-8-4-3-7-13(14)15(24-2)11-19-16(21)17(22)20-12-6-5-9-18-10-12/h3-10,15H,11H2,1-2H3,(H,19,21)(H,20,22). The van der Waals surface area contributed by atoms with Gasteiger partial charge in [-0.3, -0.25) is 14.6 Å². The number of pyridine rings is 1. The van der Waals surface area contributed by atoms with Gasteiger partial charge in [-0.25, -0.2) is 0 Å². The molecular weight excluding hydrogens is 310 g/mol. The quantitative estimate of drug-likeness (QED) is 0.785. The van der Waals surface area contributed by atoms with Gasteiger partial charge < -0.3 is 20.1 Å². The number of nitrogens with zero attached hydrogens (tertiary/aromatic N) is 1. The summed E-state index contributed by atoms with van der Waals surface area (Å²) < 4.78 is 10.7. The van der Waals surface area contributed by atoms with E-state index in [-0.39, 0.29) is 6.54 Å². The maximum Gasteiger partial charge on any atom is 0.313 e. The summed E-state index contributed by atoms with van der Waals surface area (Å²) in [5.74, 6) is -0.868. The number of benzene rings is 1. The highest BCUT2D eigenvalue weighted by molar-refractivity contribution is 6.39. The Labute approximate surface area is 140 Å². The largest absolute Gasteiger partial charge is 0.496 e. The molecule has 2 N–H and O–H groups in total. The van der Waals surface area contributed by atoms with Crippen LogP contribution in [0.2, 0.25) is 0 Å². The van der Waals surface area contributed by atoms with Crippen molar-refractivity contribution < 1.29 is 19.1 Å². The molecule has 0 spiro atoms. The number of amides is 2. The highest BCUT2D eigenvalue weighted by atomic mass is 16.5.